The predicted molar refractivity (Wildman–Crippen MR) is 97.2 cm³/mol. The van der Waals surface area contributed by atoms with E-state index in [2.05, 4.69) is 10.6 Å². The Balaban J connectivity index is 2.03. The first kappa shape index (κ1) is 20.8. The van der Waals surface area contributed by atoms with Crippen LogP contribution in [0, 0.1) is 11.6 Å². The molecule has 0 aliphatic rings. The number of hydrogen-bond acceptors (Lipinski definition) is 4. The summed E-state index contributed by atoms with van der Waals surface area (Å²) in [5.41, 5.74) is 5.44. The number of urea groups is 1. The highest BCUT2D eigenvalue weighted by Gasteiger charge is 2.26. The van der Waals surface area contributed by atoms with E-state index >= 15 is 0 Å². The Bertz CT molecular complexity index is 862. The number of nitrogens with two attached hydrogens (primary N) is 1. The summed E-state index contributed by atoms with van der Waals surface area (Å²) in [7, 11) is 0. The van der Waals surface area contributed by atoms with Gasteiger partial charge < -0.3 is 21.1 Å². The van der Waals surface area contributed by atoms with Crippen LogP contribution in [-0.2, 0) is 20.7 Å². The van der Waals surface area contributed by atoms with Gasteiger partial charge in [0.05, 0.1) is 5.69 Å². The first-order valence-corrected chi connectivity index (χ1v) is 8.32. The summed E-state index contributed by atoms with van der Waals surface area (Å²) in [6.45, 7) is 1.26. The molecule has 2 atom stereocenters. The highest BCUT2D eigenvalue weighted by Crippen LogP contribution is 2.16. The summed E-state index contributed by atoms with van der Waals surface area (Å²) in [5, 5.41) is 4.40. The number of ether oxygens (including phenoxy) is 1. The number of halogens is 2. The topological polar surface area (TPSA) is 111 Å². The third kappa shape index (κ3) is 6.04. The first-order valence-electron chi connectivity index (χ1n) is 8.32. The van der Waals surface area contributed by atoms with Crippen LogP contribution in [0.3, 0.4) is 0 Å². The Morgan fingerprint density at radius 3 is 2.43 bits per heavy atom. The van der Waals surface area contributed by atoms with Crippen molar-refractivity contribution in [2.24, 2.45) is 5.73 Å². The van der Waals surface area contributed by atoms with E-state index in [1.807, 2.05) is 0 Å². The van der Waals surface area contributed by atoms with Gasteiger partial charge in [0.2, 0.25) is 0 Å². The Morgan fingerprint density at radius 1 is 1.11 bits per heavy atom. The third-order valence-corrected chi connectivity index (χ3v) is 3.73. The van der Waals surface area contributed by atoms with Crippen LogP contribution >= 0.6 is 0 Å². The van der Waals surface area contributed by atoms with Crippen LogP contribution in [0.4, 0.5) is 19.3 Å². The van der Waals surface area contributed by atoms with E-state index in [-0.39, 0.29) is 12.1 Å². The van der Waals surface area contributed by atoms with Crippen LogP contribution in [0.2, 0.25) is 0 Å². The average molecular weight is 391 g/mol. The number of rotatable bonds is 7. The molecule has 148 valence electrons. The number of hydrogen-bond donors (Lipinski definition) is 3. The second-order valence-corrected chi connectivity index (χ2v) is 5.94. The fourth-order valence-electron chi connectivity index (χ4n) is 2.35. The molecule has 0 radical (unpaired) electrons. The summed E-state index contributed by atoms with van der Waals surface area (Å²) in [5.74, 6) is -3.35. The molecule has 0 fully saturated rings. The lowest BCUT2D eigenvalue weighted by atomic mass is 10.1. The van der Waals surface area contributed by atoms with Crippen LogP contribution in [0.25, 0.3) is 0 Å². The molecule has 0 saturated heterocycles. The van der Waals surface area contributed by atoms with Crippen LogP contribution < -0.4 is 16.4 Å². The fourth-order valence-corrected chi connectivity index (χ4v) is 2.35. The van der Waals surface area contributed by atoms with E-state index in [9.17, 15) is 23.2 Å². The minimum atomic E-state index is -1.33. The maximum atomic E-state index is 13.6. The van der Waals surface area contributed by atoms with Gasteiger partial charge in [-0.1, -0.05) is 30.3 Å². The summed E-state index contributed by atoms with van der Waals surface area (Å²) in [6.07, 6.45) is -1.24. The molecule has 2 rings (SSSR count). The third-order valence-electron chi connectivity index (χ3n) is 3.73. The quantitative estimate of drug-likeness (QED) is 0.628. The largest absolute Gasteiger partial charge is 0.451 e. The number of amides is 3. The summed E-state index contributed by atoms with van der Waals surface area (Å²) >= 11 is 0. The Morgan fingerprint density at radius 2 is 1.79 bits per heavy atom. The Kier molecular flexibility index (Phi) is 7.02. The lowest BCUT2D eigenvalue weighted by Gasteiger charge is -2.20. The van der Waals surface area contributed by atoms with Crippen molar-refractivity contribution < 1.29 is 27.9 Å². The van der Waals surface area contributed by atoms with E-state index in [1.54, 1.807) is 30.3 Å². The average Bonchev–Trinajstić information content (AvgIpc) is 2.64. The predicted octanol–water partition coefficient (Wildman–Crippen LogP) is 2.11. The maximum absolute atomic E-state index is 13.6. The number of nitrogens with one attached hydrogen (secondary N) is 2. The van der Waals surface area contributed by atoms with Gasteiger partial charge in [-0.15, -0.1) is 0 Å². The molecule has 7 nitrogen and oxygen atoms in total. The number of benzene rings is 2. The fraction of sp³-hybridized carbons (Fsp3) is 0.211. The van der Waals surface area contributed by atoms with Crippen molar-refractivity contribution in [2.45, 2.75) is 25.5 Å². The minimum absolute atomic E-state index is 0.0927. The van der Waals surface area contributed by atoms with Gasteiger partial charge in [-0.25, -0.2) is 18.4 Å². The molecule has 0 aliphatic carbocycles. The lowest BCUT2D eigenvalue weighted by Crippen LogP contribution is -2.47. The van der Waals surface area contributed by atoms with Gasteiger partial charge in [-0.05, 0) is 24.6 Å². The zero-order chi connectivity index (χ0) is 20.7. The monoisotopic (exact) mass is 391 g/mol. The molecule has 28 heavy (non-hydrogen) atoms. The molecular formula is C19H19F2N3O4. The van der Waals surface area contributed by atoms with E-state index in [0.29, 0.717) is 0 Å². The van der Waals surface area contributed by atoms with E-state index < -0.39 is 41.7 Å². The normalized spacial score (nSPS) is 12.5. The number of primary amides is 1. The van der Waals surface area contributed by atoms with Crippen LogP contribution in [0.1, 0.15) is 12.5 Å². The SMILES string of the molecule is C[C@@H](OC(=O)[C@H](Cc1ccccc1)NC(N)=O)C(=O)Nc1cc(F)ccc1F. The molecular weight excluding hydrogens is 372 g/mol. The lowest BCUT2D eigenvalue weighted by molar-refractivity contribution is -0.155. The van der Waals surface area contributed by atoms with Gasteiger partial charge >= 0.3 is 12.0 Å². The molecule has 0 heterocycles. The zero-order valence-electron chi connectivity index (χ0n) is 14.9. The smallest absolute Gasteiger partial charge is 0.329 e. The van der Waals surface area contributed by atoms with Crippen molar-refractivity contribution in [3.8, 4) is 0 Å². The Labute approximate surface area is 159 Å². The minimum Gasteiger partial charge on any atom is -0.451 e. The van der Waals surface area contributed by atoms with Crippen LogP contribution in [-0.4, -0.2) is 30.1 Å². The van der Waals surface area contributed by atoms with Gasteiger partial charge in [0, 0.05) is 12.5 Å². The van der Waals surface area contributed by atoms with Gasteiger partial charge in [-0.2, -0.15) is 0 Å². The van der Waals surface area contributed by atoms with E-state index in [0.717, 1.165) is 23.8 Å². The van der Waals surface area contributed by atoms with Crippen molar-refractivity contribution in [1.29, 1.82) is 0 Å². The van der Waals surface area contributed by atoms with E-state index in [1.165, 1.54) is 6.92 Å². The maximum Gasteiger partial charge on any atom is 0.329 e. The second kappa shape index (κ2) is 9.45. The summed E-state index contributed by atoms with van der Waals surface area (Å²) in [6, 6.07) is 9.28. The molecule has 0 aliphatic heterocycles. The highest BCUT2D eigenvalue weighted by atomic mass is 19.1. The summed E-state index contributed by atoms with van der Waals surface area (Å²) in [4.78, 5) is 35.7. The molecule has 0 aromatic heterocycles. The Hall–Kier alpha value is -3.49. The van der Waals surface area contributed by atoms with Gasteiger partial charge in [0.25, 0.3) is 5.91 Å². The molecule has 0 bridgehead atoms. The molecule has 2 aromatic rings. The van der Waals surface area contributed by atoms with E-state index in [4.69, 9.17) is 10.5 Å². The molecule has 0 unspecified atom stereocenters. The standard InChI is InChI=1S/C19H19F2N3O4/c1-11(17(25)23-15-10-13(20)7-8-14(15)21)28-18(26)16(24-19(22)27)9-12-5-3-2-4-6-12/h2-8,10-11,16H,9H2,1H3,(H,23,25)(H3,22,24,27)/t11-,16+/m1/s1. The summed E-state index contributed by atoms with van der Waals surface area (Å²) < 4.78 is 31.9. The molecule has 3 amide bonds. The van der Waals surface area contributed by atoms with Gasteiger partial charge in [0.15, 0.2) is 6.10 Å². The van der Waals surface area contributed by atoms with Crippen molar-refractivity contribution in [3.63, 3.8) is 0 Å². The molecule has 4 N–H and O–H groups in total. The molecule has 9 heteroatoms. The molecule has 0 spiro atoms. The van der Waals surface area contributed by atoms with Crippen molar-refractivity contribution >= 4 is 23.6 Å². The van der Waals surface area contributed by atoms with Gasteiger partial charge in [-0.3, -0.25) is 4.79 Å². The van der Waals surface area contributed by atoms with Crippen LogP contribution in [0.5, 0.6) is 0 Å². The number of carbonyl (C=O) groups excluding carboxylic acids is 3. The molecule has 0 saturated carbocycles. The zero-order valence-corrected chi connectivity index (χ0v) is 14.9. The van der Waals surface area contributed by atoms with Crippen molar-refractivity contribution in [3.05, 3.63) is 65.7 Å². The highest BCUT2D eigenvalue weighted by molar-refractivity contribution is 5.95. The van der Waals surface area contributed by atoms with Gasteiger partial charge in [0.1, 0.15) is 17.7 Å². The second-order valence-electron chi connectivity index (χ2n) is 5.94. The number of anilines is 1. The first-order chi connectivity index (χ1) is 13.3. The van der Waals surface area contributed by atoms with Crippen LogP contribution in [0.15, 0.2) is 48.5 Å². The molecule has 2 aromatic carbocycles. The van der Waals surface area contributed by atoms with Crippen molar-refractivity contribution in [2.75, 3.05) is 5.32 Å². The number of carbonyl (C=O) groups is 3. The van der Waals surface area contributed by atoms with Crippen molar-refractivity contribution in [1.82, 2.24) is 5.32 Å². The number of esters is 1.